The van der Waals surface area contributed by atoms with Gasteiger partial charge < -0.3 is 10.6 Å². The number of aromatic nitrogens is 2. The van der Waals surface area contributed by atoms with Gasteiger partial charge in [0.1, 0.15) is 0 Å². The van der Waals surface area contributed by atoms with Crippen LogP contribution in [0.2, 0.25) is 0 Å². The summed E-state index contributed by atoms with van der Waals surface area (Å²) >= 11 is 2.85. The van der Waals surface area contributed by atoms with E-state index >= 15 is 0 Å². The molecule has 19 heavy (non-hydrogen) atoms. The Morgan fingerprint density at radius 1 is 1.53 bits per heavy atom. The third-order valence-corrected chi connectivity index (χ3v) is 4.01. The average Bonchev–Trinajstić information content (AvgIpc) is 2.71. The van der Waals surface area contributed by atoms with Gasteiger partial charge in [-0.1, -0.05) is 29.2 Å². The van der Waals surface area contributed by atoms with Crippen molar-refractivity contribution >= 4 is 34.1 Å². The summed E-state index contributed by atoms with van der Waals surface area (Å²) in [7, 11) is 0. The molecule has 0 bridgehead atoms. The second-order valence-corrected chi connectivity index (χ2v) is 7.61. The standard InChI is InChI=1S/C12H20N4OS2/c1-6-7-13-10-15-16-11(19-10)18-8(2)9(17)14-12(3,4)5/h6,8H,1,7H2,2-5H3,(H,13,15)(H,14,17). The second kappa shape index (κ2) is 6.91. The summed E-state index contributed by atoms with van der Waals surface area (Å²) in [6.45, 7) is 12.0. The molecule has 1 amide bonds. The van der Waals surface area contributed by atoms with Crippen LogP contribution in [-0.4, -0.2) is 33.4 Å². The fraction of sp³-hybridized carbons (Fsp3) is 0.583. The van der Waals surface area contributed by atoms with E-state index in [9.17, 15) is 4.79 Å². The summed E-state index contributed by atoms with van der Waals surface area (Å²) in [6, 6.07) is 0. The van der Waals surface area contributed by atoms with Crippen LogP contribution in [0.15, 0.2) is 17.0 Å². The number of carbonyl (C=O) groups is 1. The molecule has 1 unspecified atom stereocenters. The van der Waals surface area contributed by atoms with Crippen LogP contribution in [-0.2, 0) is 4.79 Å². The van der Waals surface area contributed by atoms with Crippen LogP contribution in [0.3, 0.4) is 0 Å². The highest BCUT2D eigenvalue weighted by atomic mass is 32.2. The molecular weight excluding hydrogens is 280 g/mol. The van der Waals surface area contributed by atoms with E-state index < -0.39 is 0 Å². The molecule has 1 atom stereocenters. The first-order chi connectivity index (χ1) is 8.81. The largest absolute Gasteiger partial charge is 0.357 e. The summed E-state index contributed by atoms with van der Waals surface area (Å²) < 4.78 is 0.781. The van der Waals surface area contributed by atoms with Crippen LogP contribution in [0.4, 0.5) is 5.13 Å². The number of rotatable bonds is 6. The van der Waals surface area contributed by atoms with Crippen molar-refractivity contribution in [3.63, 3.8) is 0 Å². The first kappa shape index (κ1) is 16.0. The van der Waals surface area contributed by atoms with Crippen LogP contribution >= 0.6 is 23.1 Å². The number of nitrogens with one attached hydrogen (secondary N) is 2. The minimum absolute atomic E-state index is 0.00769. The number of anilines is 1. The Morgan fingerprint density at radius 2 is 2.21 bits per heavy atom. The number of hydrogen-bond donors (Lipinski definition) is 2. The molecule has 0 radical (unpaired) electrons. The van der Waals surface area contributed by atoms with Crippen molar-refractivity contribution in [1.82, 2.24) is 15.5 Å². The Labute approximate surface area is 122 Å². The Morgan fingerprint density at radius 3 is 2.79 bits per heavy atom. The van der Waals surface area contributed by atoms with E-state index in [0.29, 0.717) is 6.54 Å². The van der Waals surface area contributed by atoms with E-state index in [1.165, 1.54) is 23.1 Å². The van der Waals surface area contributed by atoms with Crippen molar-refractivity contribution < 1.29 is 4.79 Å². The van der Waals surface area contributed by atoms with Gasteiger partial charge in [-0.2, -0.15) is 0 Å². The lowest BCUT2D eigenvalue weighted by Crippen LogP contribution is -2.44. The quantitative estimate of drug-likeness (QED) is 0.624. The molecule has 5 nitrogen and oxygen atoms in total. The highest BCUT2D eigenvalue weighted by Gasteiger charge is 2.21. The lowest BCUT2D eigenvalue weighted by molar-refractivity contribution is -0.121. The van der Waals surface area contributed by atoms with E-state index in [2.05, 4.69) is 27.4 Å². The van der Waals surface area contributed by atoms with Gasteiger partial charge in [-0.25, -0.2) is 0 Å². The van der Waals surface area contributed by atoms with Crippen LogP contribution in [0, 0.1) is 0 Å². The van der Waals surface area contributed by atoms with Gasteiger partial charge >= 0.3 is 0 Å². The molecule has 0 aliphatic heterocycles. The number of carbonyl (C=O) groups excluding carboxylic acids is 1. The van der Waals surface area contributed by atoms with Crippen molar-refractivity contribution in [1.29, 1.82) is 0 Å². The monoisotopic (exact) mass is 300 g/mol. The molecule has 1 rings (SSSR count). The van der Waals surface area contributed by atoms with E-state index in [0.717, 1.165) is 9.47 Å². The van der Waals surface area contributed by atoms with Gasteiger partial charge in [0.05, 0.1) is 5.25 Å². The zero-order valence-corrected chi connectivity index (χ0v) is 13.3. The van der Waals surface area contributed by atoms with E-state index in [1.54, 1.807) is 6.08 Å². The molecule has 1 heterocycles. The Kier molecular flexibility index (Phi) is 5.81. The number of nitrogens with zero attached hydrogens (tertiary/aromatic N) is 2. The highest BCUT2D eigenvalue weighted by molar-refractivity contribution is 8.02. The number of thioether (sulfide) groups is 1. The summed E-state index contributed by atoms with van der Waals surface area (Å²) in [5.74, 6) is 0.00769. The molecule has 0 saturated carbocycles. The molecule has 0 aliphatic carbocycles. The predicted molar refractivity (Wildman–Crippen MR) is 81.8 cm³/mol. The van der Waals surface area contributed by atoms with Gasteiger partial charge in [-0.05, 0) is 27.7 Å². The third-order valence-electron chi connectivity index (χ3n) is 1.95. The minimum Gasteiger partial charge on any atom is -0.357 e. The summed E-state index contributed by atoms with van der Waals surface area (Å²) in [5, 5.41) is 14.6. The topological polar surface area (TPSA) is 66.9 Å². The average molecular weight is 300 g/mol. The van der Waals surface area contributed by atoms with Gasteiger partial charge in [0, 0.05) is 12.1 Å². The van der Waals surface area contributed by atoms with Gasteiger partial charge in [-0.3, -0.25) is 4.79 Å². The van der Waals surface area contributed by atoms with Crippen LogP contribution < -0.4 is 10.6 Å². The first-order valence-corrected chi connectivity index (χ1v) is 7.68. The van der Waals surface area contributed by atoms with Gasteiger partial charge in [0.25, 0.3) is 0 Å². The number of hydrogen-bond acceptors (Lipinski definition) is 6. The maximum Gasteiger partial charge on any atom is 0.233 e. The van der Waals surface area contributed by atoms with Crippen molar-refractivity contribution in [2.75, 3.05) is 11.9 Å². The highest BCUT2D eigenvalue weighted by Crippen LogP contribution is 2.29. The normalized spacial score (nSPS) is 12.8. The maximum atomic E-state index is 11.9. The predicted octanol–water partition coefficient (Wildman–Crippen LogP) is 2.53. The minimum atomic E-state index is -0.219. The summed E-state index contributed by atoms with van der Waals surface area (Å²) in [5.41, 5.74) is -0.219. The molecule has 106 valence electrons. The van der Waals surface area contributed by atoms with Gasteiger partial charge in [-0.15, -0.1) is 16.8 Å². The molecule has 1 aromatic rings. The number of amides is 1. The van der Waals surface area contributed by atoms with Crippen LogP contribution in [0.5, 0.6) is 0 Å². The molecule has 0 spiro atoms. The lowest BCUT2D eigenvalue weighted by Gasteiger charge is -2.22. The molecule has 0 aromatic carbocycles. The summed E-state index contributed by atoms with van der Waals surface area (Å²) in [4.78, 5) is 11.9. The molecule has 0 saturated heterocycles. The fourth-order valence-electron chi connectivity index (χ4n) is 1.16. The van der Waals surface area contributed by atoms with Crippen LogP contribution in [0.1, 0.15) is 27.7 Å². The molecule has 0 aliphatic rings. The zero-order valence-electron chi connectivity index (χ0n) is 11.7. The van der Waals surface area contributed by atoms with Crippen molar-refractivity contribution in [3.8, 4) is 0 Å². The Bertz CT molecular complexity index is 439. The van der Waals surface area contributed by atoms with Crippen molar-refractivity contribution in [2.24, 2.45) is 0 Å². The Balaban J connectivity index is 2.52. The van der Waals surface area contributed by atoms with E-state index in [-0.39, 0.29) is 16.7 Å². The van der Waals surface area contributed by atoms with Crippen LogP contribution in [0.25, 0.3) is 0 Å². The molecule has 0 fully saturated rings. The van der Waals surface area contributed by atoms with E-state index in [4.69, 9.17) is 0 Å². The Hall–Kier alpha value is -1.08. The molecule has 2 N–H and O–H groups in total. The summed E-state index contributed by atoms with van der Waals surface area (Å²) in [6.07, 6.45) is 1.76. The van der Waals surface area contributed by atoms with Gasteiger partial charge in [0.2, 0.25) is 11.0 Å². The maximum absolute atomic E-state index is 11.9. The van der Waals surface area contributed by atoms with E-state index in [1.807, 2.05) is 27.7 Å². The van der Waals surface area contributed by atoms with Crippen molar-refractivity contribution in [3.05, 3.63) is 12.7 Å². The lowest BCUT2D eigenvalue weighted by atomic mass is 10.1. The second-order valence-electron chi connectivity index (χ2n) is 5.04. The van der Waals surface area contributed by atoms with Gasteiger partial charge in [0.15, 0.2) is 4.34 Å². The smallest absolute Gasteiger partial charge is 0.233 e. The first-order valence-electron chi connectivity index (χ1n) is 5.99. The zero-order chi connectivity index (χ0) is 14.5. The third kappa shape index (κ3) is 6.07. The fourth-order valence-corrected chi connectivity index (χ4v) is 3.07. The molecular formula is C12H20N4OS2. The molecule has 7 heteroatoms. The SMILES string of the molecule is C=CCNc1nnc(SC(C)C(=O)NC(C)(C)C)s1. The molecule has 1 aromatic heterocycles. The van der Waals surface area contributed by atoms with Crippen molar-refractivity contribution in [2.45, 2.75) is 42.8 Å².